The van der Waals surface area contributed by atoms with Crippen molar-refractivity contribution in [3.8, 4) is 5.75 Å². The van der Waals surface area contributed by atoms with Crippen molar-refractivity contribution >= 4 is 45.0 Å². The third kappa shape index (κ3) is 4.05. The maximum Gasteiger partial charge on any atom is 0.279 e. The highest BCUT2D eigenvalue weighted by atomic mass is 32.2. The van der Waals surface area contributed by atoms with Gasteiger partial charge in [0.1, 0.15) is 22.0 Å². The van der Waals surface area contributed by atoms with Crippen molar-refractivity contribution in [3.05, 3.63) is 75.3 Å². The molecule has 1 atom stereocenters. The zero-order valence-electron chi connectivity index (χ0n) is 17.9. The van der Waals surface area contributed by atoms with Crippen LogP contribution in [0.2, 0.25) is 0 Å². The average molecular weight is 481 g/mol. The lowest BCUT2D eigenvalue weighted by molar-refractivity contribution is -0.115. The van der Waals surface area contributed by atoms with Gasteiger partial charge in [0.15, 0.2) is 0 Å². The molecule has 2 aromatic heterocycles. The van der Waals surface area contributed by atoms with Crippen molar-refractivity contribution in [2.75, 3.05) is 23.2 Å². The first-order chi connectivity index (χ1) is 16.0. The molecule has 2 aromatic carbocycles. The van der Waals surface area contributed by atoms with Gasteiger partial charge in [-0.2, -0.15) is 0 Å². The zero-order valence-corrected chi connectivity index (χ0v) is 19.5. The lowest BCUT2D eigenvalue weighted by atomic mass is 10.2. The Morgan fingerprint density at radius 2 is 1.91 bits per heavy atom. The fourth-order valence-electron chi connectivity index (χ4n) is 3.64. The van der Waals surface area contributed by atoms with E-state index in [0.717, 1.165) is 11.3 Å². The molecule has 1 unspecified atom stereocenters. The summed E-state index contributed by atoms with van der Waals surface area (Å²) in [6.07, 6.45) is 0. The first-order valence-corrected chi connectivity index (χ1v) is 12.0. The molecular weight excluding hydrogens is 460 g/mol. The summed E-state index contributed by atoms with van der Waals surface area (Å²) in [5, 5.41) is 10.0. The van der Waals surface area contributed by atoms with Crippen LogP contribution in [-0.2, 0) is 11.3 Å². The summed E-state index contributed by atoms with van der Waals surface area (Å²) in [7, 11) is 1.62. The molecule has 5 rings (SSSR count). The molecule has 3 heterocycles. The monoisotopic (exact) mass is 480 g/mol. The van der Waals surface area contributed by atoms with Crippen LogP contribution in [-0.4, -0.2) is 38.6 Å². The summed E-state index contributed by atoms with van der Waals surface area (Å²) >= 11 is 2.87. The number of aromatic nitrogens is 4. The Balaban J connectivity index is 1.36. The van der Waals surface area contributed by atoms with E-state index in [1.165, 1.54) is 16.0 Å². The second-order valence-electron chi connectivity index (χ2n) is 7.33. The van der Waals surface area contributed by atoms with Gasteiger partial charge < -0.3 is 10.2 Å². The lowest BCUT2D eigenvalue weighted by Crippen LogP contribution is -2.31. The maximum absolute atomic E-state index is 12.8. The van der Waals surface area contributed by atoms with Gasteiger partial charge in [0.05, 0.1) is 30.3 Å². The second kappa shape index (κ2) is 8.83. The number of thioether (sulfide) groups is 1. The Morgan fingerprint density at radius 1 is 1.12 bits per heavy atom. The Kier molecular flexibility index (Phi) is 5.73. The standard InChI is InChI=1S/C22H20N6O3S2/c1-13-24-17-6-4-3-5-16(17)20(30)28(13)23-11-18-25-26-22(33-18)27-19(29)12-32-21(27)14-7-9-15(31-2)10-8-14/h3-10,21,23H,11-12H2,1-2H3. The highest BCUT2D eigenvalue weighted by Gasteiger charge is 2.36. The van der Waals surface area contributed by atoms with E-state index in [1.807, 2.05) is 42.5 Å². The zero-order chi connectivity index (χ0) is 22.9. The molecule has 11 heteroatoms. The van der Waals surface area contributed by atoms with Gasteiger partial charge in [-0.05, 0) is 36.8 Å². The topological polar surface area (TPSA) is 102 Å². The normalized spacial score (nSPS) is 15.9. The Bertz CT molecular complexity index is 1390. The number of nitrogens with one attached hydrogen (secondary N) is 1. The maximum atomic E-state index is 12.8. The molecule has 168 valence electrons. The van der Waals surface area contributed by atoms with E-state index >= 15 is 0 Å². The van der Waals surface area contributed by atoms with Gasteiger partial charge >= 0.3 is 0 Å². The van der Waals surface area contributed by atoms with Gasteiger partial charge in [0, 0.05) is 0 Å². The molecule has 1 amide bonds. The summed E-state index contributed by atoms with van der Waals surface area (Å²) in [5.41, 5.74) is 4.56. The van der Waals surface area contributed by atoms with Crippen LogP contribution in [0, 0.1) is 6.92 Å². The van der Waals surface area contributed by atoms with Crippen molar-refractivity contribution in [1.29, 1.82) is 0 Å². The number of hydrogen-bond donors (Lipinski definition) is 1. The quantitative estimate of drug-likeness (QED) is 0.449. The van der Waals surface area contributed by atoms with E-state index < -0.39 is 0 Å². The van der Waals surface area contributed by atoms with Gasteiger partial charge in [0.25, 0.3) is 5.56 Å². The predicted molar refractivity (Wildman–Crippen MR) is 129 cm³/mol. The van der Waals surface area contributed by atoms with Crippen LogP contribution in [0.25, 0.3) is 10.9 Å². The molecule has 1 saturated heterocycles. The minimum atomic E-state index is -0.174. The van der Waals surface area contributed by atoms with Crippen LogP contribution < -0.4 is 20.6 Å². The Morgan fingerprint density at radius 3 is 2.70 bits per heavy atom. The highest BCUT2D eigenvalue weighted by molar-refractivity contribution is 8.00. The SMILES string of the molecule is COc1ccc(C2SCC(=O)N2c2nnc(CNn3c(C)nc4ccccc4c3=O)s2)cc1. The molecule has 0 bridgehead atoms. The first kappa shape index (κ1) is 21.4. The number of carbonyl (C=O) groups excluding carboxylic acids is 1. The van der Waals surface area contributed by atoms with Crippen LogP contribution in [0.5, 0.6) is 5.75 Å². The van der Waals surface area contributed by atoms with Gasteiger partial charge in [-0.1, -0.05) is 35.6 Å². The van der Waals surface area contributed by atoms with Gasteiger partial charge in [-0.25, -0.2) is 9.66 Å². The molecule has 33 heavy (non-hydrogen) atoms. The molecule has 1 aliphatic rings. The Hall–Kier alpha value is -3.44. The van der Waals surface area contributed by atoms with Gasteiger partial charge in [-0.15, -0.1) is 22.0 Å². The third-order valence-electron chi connectivity index (χ3n) is 5.26. The van der Waals surface area contributed by atoms with E-state index in [1.54, 1.807) is 36.8 Å². The minimum absolute atomic E-state index is 0.0118. The summed E-state index contributed by atoms with van der Waals surface area (Å²) in [6, 6.07) is 14.9. The number of anilines is 1. The summed E-state index contributed by atoms with van der Waals surface area (Å²) < 4.78 is 6.65. The van der Waals surface area contributed by atoms with E-state index in [4.69, 9.17) is 4.74 Å². The van der Waals surface area contributed by atoms with Crippen LogP contribution in [0.4, 0.5) is 5.13 Å². The summed E-state index contributed by atoms with van der Waals surface area (Å²) in [6.45, 7) is 2.05. The van der Waals surface area contributed by atoms with E-state index in [9.17, 15) is 9.59 Å². The molecule has 1 fully saturated rings. The smallest absolute Gasteiger partial charge is 0.279 e. The number of aryl methyl sites for hydroxylation is 1. The number of amides is 1. The van der Waals surface area contributed by atoms with Crippen molar-refractivity contribution in [2.45, 2.75) is 18.8 Å². The highest BCUT2D eigenvalue weighted by Crippen LogP contribution is 2.42. The third-order valence-corrected chi connectivity index (χ3v) is 7.40. The van der Waals surface area contributed by atoms with Crippen molar-refractivity contribution in [2.24, 2.45) is 0 Å². The number of ether oxygens (including phenoxy) is 1. The largest absolute Gasteiger partial charge is 0.497 e. The molecular formula is C22H20N6O3S2. The number of carbonyl (C=O) groups is 1. The van der Waals surface area contributed by atoms with Crippen molar-refractivity contribution < 1.29 is 9.53 Å². The molecule has 0 aliphatic carbocycles. The number of benzene rings is 2. The molecule has 0 spiro atoms. The number of para-hydroxylation sites is 1. The van der Waals surface area contributed by atoms with Crippen molar-refractivity contribution in [3.63, 3.8) is 0 Å². The summed E-state index contributed by atoms with van der Waals surface area (Å²) in [4.78, 5) is 31.6. The number of rotatable bonds is 6. The van der Waals surface area contributed by atoms with E-state index in [-0.39, 0.29) is 23.4 Å². The van der Waals surface area contributed by atoms with Crippen molar-refractivity contribution in [1.82, 2.24) is 19.9 Å². The number of methoxy groups -OCH3 is 1. The molecule has 9 nitrogen and oxygen atoms in total. The second-order valence-corrected chi connectivity index (χ2v) is 9.44. The van der Waals surface area contributed by atoms with E-state index in [2.05, 4.69) is 20.6 Å². The van der Waals surface area contributed by atoms with Crippen LogP contribution in [0.3, 0.4) is 0 Å². The number of fused-ring (bicyclic) bond motifs is 1. The van der Waals surface area contributed by atoms with Crippen LogP contribution >= 0.6 is 23.1 Å². The minimum Gasteiger partial charge on any atom is -0.497 e. The number of nitrogens with zero attached hydrogens (tertiary/aromatic N) is 5. The molecule has 0 saturated carbocycles. The van der Waals surface area contributed by atoms with Crippen LogP contribution in [0.15, 0.2) is 53.3 Å². The first-order valence-electron chi connectivity index (χ1n) is 10.2. The van der Waals surface area contributed by atoms with E-state index in [0.29, 0.717) is 32.6 Å². The molecule has 1 aliphatic heterocycles. The van der Waals surface area contributed by atoms with Gasteiger partial charge in [0.2, 0.25) is 11.0 Å². The average Bonchev–Trinajstić information content (AvgIpc) is 3.45. The Labute approximate surface area is 197 Å². The van der Waals surface area contributed by atoms with Crippen LogP contribution in [0.1, 0.15) is 21.8 Å². The lowest BCUT2D eigenvalue weighted by Gasteiger charge is -2.21. The molecule has 4 aromatic rings. The van der Waals surface area contributed by atoms with Gasteiger partial charge in [-0.3, -0.25) is 14.5 Å². The molecule has 0 radical (unpaired) electrons. The fourth-order valence-corrected chi connectivity index (χ4v) is 5.67. The molecule has 1 N–H and O–H groups in total. The summed E-state index contributed by atoms with van der Waals surface area (Å²) in [5.74, 6) is 1.68. The predicted octanol–water partition coefficient (Wildman–Crippen LogP) is 3.09. The number of hydrogen-bond acceptors (Lipinski definition) is 9. The fraction of sp³-hybridized carbons (Fsp3) is 0.227.